The van der Waals surface area contributed by atoms with Crippen LogP contribution < -0.4 is 0 Å². The average Bonchev–Trinajstić information content (AvgIpc) is 2.41. The van der Waals surface area contributed by atoms with Gasteiger partial charge in [-0.25, -0.2) is 0 Å². The van der Waals surface area contributed by atoms with Gasteiger partial charge in [0.15, 0.2) is 0 Å². The van der Waals surface area contributed by atoms with Crippen LogP contribution in [0, 0.1) is 13.8 Å². The maximum absolute atomic E-state index is 9.02. The molecule has 13 heavy (non-hydrogen) atoms. The summed E-state index contributed by atoms with van der Waals surface area (Å²) < 4.78 is 0. The third-order valence-electron chi connectivity index (χ3n) is 2.10. The molecule has 72 valence electrons. The molecule has 0 amide bonds. The van der Waals surface area contributed by atoms with Crippen LogP contribution in [0.3, 0.4) is 0 Å². The van der Waals surface area contributed by atoms with E-state index in [-0.39, 0.29) is 6.61 Å². The van der Waals surface area contributed by atoms with Crippen molar-refractivity contribution in [3.05, 3.63) is 27.0 Å². The molecule has 1 N–H and O–H groups in total. The van der Waals surface area contributed by atoms with E-state index < -0.39 is 0 Å². The lowest BCUT2D eigenvalue weighted by molar-refractivity contribution is 0.329. The molecule has 2 heteroatoms. The number of rotatable bonds is 3. The molecule has 1 nitrogen and oxygen atoms in total. The highest BCUT2D eigenvalue weighted by atomic mass is 32.1. The zero-order chi connectivity index (χ0) is 9.84. The van der Waals surface area contributed by atoms with Gasteiger partial charge in [0, 0.05) is 9.75 Å². The van der Waals surface area contributed by atoms with E-state index in [1.165, 1.54) is 15.3 Å². The van der Waals surface area contributed by atoms with Crippen LogP contribution in [0.2, 0.25) is 0 Å². The molecule has 0 aliphatic carbocycles. The van der Waals surface area contributed by atoms with Gasteiger partial charge in [-0.1, -0.05) is 13.0 Å². The van der Waals surface area contributed by atoms with E-state index in [2.05, 4.69) is 32.9 Å². The second-order valence-electron chi connectivity index (χ2n) is 3.18. The van der Waals surface area contributed by atoms with Gasteiger partial charge in [-0.2, -0.15) is 0 Å². The van der Waals surface area contributed by atoms with E-state index >= 15 is 0 Å². The Morgan fingerprint density at radius 2 is 2.23 bits per heavy atom. The molecule has 0 saturated heterocycles. The summed E-state index contributed by atoms with van der Waals surface area (Å²) in [5, 5.41) is 9.02. The Morgan fingerprint density at radius 3 is 2.62 bits per heavy atom. The minimum atomic E-state index is 0.171. The van der Waals surface area contributed by atoms with Crippen LogP contribution in [0.25, 0.3) is 6.08 Å². The lowest BCUT2D eigenvalue weighted by atomic mass is 10.1. The first kappa shape index (κ1) is 10.5. The highest BCUT2D eigenvalue weighted by molar-refractivity contribution is 7.12. The average molecular weight is 196 g/mol. The number of hydrogen-bond acceptors (Lipinski definition) is 2. The van der Waals surface area contributed by atoms with Crippen LogP contribution in [0.15, 0.2) is 11.6 Å². The zero-order valence-corrected chi connectivity index (χ0v) is 9.24. The van der Waals surface area contributed by atoms with E-state index in [1.54, 1.807) is 11.3 Å². The fourth-order valence-corrected chi connectivity index (χ4v) is 2.18. The number of hydrogen-bond donors (Lipinski definition) is 1. The smallest absolute Gasteiger partial charge is 0.0644 e. The third kappa shape index (κ3) is 2.68. The lowest BCUT2D eigenvalue weighted by Crippen LogP contribution is -1.87. The van der Waals surface area contributed by atoms with Crippen LogP contribution in [0.1, 0.15) is 28.7 Å². The molecule has 0 atom stereocenters. The molecule has 0 fully saturated rings. The van der Waals surface area contributed by atoms with Crippen molar-refractivity contribution < 1.29 is 5.11 Å². The van der Waals surface area contributed by atoms with Crippen LogP contribution in [-0.2, 0) is 0 Å². The molecule has 1 aromatic rings. The highest BCUT2D eigenvalue weighted by Gasteiger charge is 2.00. The van der Waals surface area contributed by atoms with E-state index in [0.717, 1.165) is 12.0 Å². The zero-order valence-electron chi connectivity index (χ0n) is 8.42. The molecule has 1 heterocycles. The maximum Gasteiger partial charge on any atom is 0.0644 e. The van der Waals surface area contributed by atoms with Crippen LogP contribution in [0.5, 0.6) is 0 Å². The Morgan fingerprint density at radius 1 is 1.54 bits per heavy atom. The normalized spacial score (nSPS) is 12.2. The van der Waals surface area contributed by atoms with Crippen molar-refractivity contribution in [3.63, 3.8) is 0 Å². The summed E-state index contributed by atoms with van der Waals surface area (Å²) in [5.41, 5.74) is 2.36. The van der Waals surface area contributed by atoms with Gasteiger partial charge in [-0.3, -0.25) is 0 Å². The summed E-state index contributed by atoms with van der Waals surface area (Å²) in [6, 6.07) is 2.17. The standard InChI is InChI=1S/C11H16OS/c1-4-10(7-12)6-11-5-8(2)13-9(11)3/h5-6,12H,4,7H2,1-3H3/b10-6-. The fraction of sp³-hybridized carbons (Fsp3) is 0.455. The van der Waals surface area contributed by atoms with Gasteiger partial charge in [0.2, 0.25) is 0 Å². The van der Waals surface area contributed by atoms with Crippen molar-refractivity contribution in [1.29, 1.82) is 0 Å². The van der Waals surface area contributed by atoms with Crippen LogP contribution in [0.4, 0.5) is 0 Å². The van der Waals surface area contributed by atoms with Crippen molar-refractivity contribution in [1.82, 2.24) is 0 Å². The number of thiophene rings is 1. The summed E-state index contributed by atoms with van der Waals surface area (Å²) in [6.07, 6.45) is 3.02. The molecule has 0 aliphatic rings. The SMILES string of the molecule is CC/C(=C/c1cc(C)sc1C)CO. The fourth-order valence-electron chi connectivity index (χ4n) is 1.27. The van der Waals surface area contributed by atoms with Gasteiger partial charge in [0.1, 0.15) is 0 Å². The van der Waals surface area contributed by atoms with Gasteiger partial charge in [-0.05, 0) is 37.5 Å². The molecule has 0 aliphatic heterocycles. The molecule has 0 unspecified atom stereocenters. The highest BCUT2D eigenvalue weighted by Crippen LogP contribution is 2.23. The molecular weight excluding hydrogens is 180 g/mol. The Kier molecular flexibility index (Phi) is 3.70. The first-order chi connectivity index (χ1) is 6.17. The second-order valence-corrected chi connectivity index (χ2v) is 4.64. The topological polar surface area (TPSA) is 20.2 Å². The first-order valence-corrected chi connectivity index (χ1v) is 5.36. The summed E-state index contributed by atoms with van der Waals surface area (Å²) >= 11 is 1.81. The molecule has 1 aromatic heterocycles. The van der Waals surface area contributed by atoms with Gasteiger partial charge < -0.3 is 5.11 Å². The van der Waals surface area contributed by atoms with E-state index in [1.807, 2.05) is 0 Å². The Balaban J connectivity index is 2.95. The minimum absolute atomic E-state index is 0.171. The van der Waals surface area contributed by atoms with Crippen LogP contribution >= 0.6 is 11.3 Å². The predicted octanol–water partition coefficient (Wildman–Crippen LogP) is 3.15. The van der Waals surface area contributed by atoms with E-state index in [4.69, 9.17) is 5.11 Å². The minimum Gasteiger partial charge on any atom is -0.392 e. The first-order valence-electron chi connectivity index (χ1n) is 4.54. The van der Waals surface area contributed by atoms with Gasteiger partial charge >= 0.3 is 0 Å². The summed E-state index contributed by atoms with van der Waals surface area (Å²) in [5.74, 6) is 0. The molecule has 0 aromatic carbocycles. The molecular formula is C11H16OS. The van der Waals surface area contributed by atoms with Gasteiger partial charge in [-0.15, -0.1) is 11.3 Å². The van der Waals surface area contributed by atoms with Gasteiger partial charge in [0.05, 0.1) is 6.61 Å². The summed E-state index contributed by atoms with van der Waals surface area (Å²) in [4.78, 5) is 2.66. The van der Waals surface area contributed by atoms with Crippen molar-refractivity contribution in [2.45, 2.75) is 27.2 Å². The summed E-state index contributed by atoms with van der Waals surface area (Å²) in [6.45, 7) is 6.47. The molecule has 0 spiro atoms. The molecule has 1 rings (SSSR count). The Hall–Kier alpha value is -0.600. The summed E-state index contributed by atoms with van der Waals surface area (Å²) in [7, 11) is 0. The predicted molar refractivity (Wildman–Crippen MR) is 59.1 cm³/mol. The van der Waals surface area contributed by atoms with Crippen molar-refractivity contribution in [3.8, 4) is 0 Å². The number of aliphatic hydroxyl groups excluding tert-OH is 1. The van der Waals surface area contributed by atoms with Gasteiger partial charge in [0.25, 0.3) is 0 Å². The monoisotopic (exact) mass is 196 g/mol. The van der Waals surface area contributed by atoms with Crippen molar-refractivity contribution in [2.24, 2.45) is 0 Å². The number of aliphatic hydroxyl groups is 1. The number of aryl methyl sites for hydroxylation is 2. The van der Waals surface area contributed by atoms with Crippen molar-refractivity contribution in [2.75, 3.05) is 6.61 Å². The third-order valence-corrected chi connectivity index (χ3v) is 3.08. The van der Waals surface area contributed by atoms with E-state index in [0.29, 0.717) is 0 Å². The van der Waals surface area contributed by atoms with Crippen LogP contribution in [-0.4, -0.2) is 11.7 Å². The molecule has 0 radical (unpaired) electrons. The maximum atomic E-state index is 9.02. The molecule has 0 bridgehead atoms. The molecule has 0 saturated carbocycles. The lowest BCUT2D eigenvalue weighted by Gasteiger charge is -1.98. The second kappa shape index (κ2) is 4.58. The van der Waals surface area contributed by atoms with Crippen molar-refractivity contribution >= 4 is 17.4 Å². The Bertz CT molecular complexity index is 304. The Labute approximate surface area is 83.7 Å². The van der Waals surface area contributed by atoms with E-state index in [9.17, 15) is 0 Å². The quantitative estimate of drug-likeness (QED) is 0.787. The largest absolute Gasteiger partial charge is 0.392 e.